The minimum atomic E-state index is -3.89. The van der Waals surface area contributed by atoms with E-state index in [-0.39, 0.29) is 16.7 Å². The second-order valence-corrected chi connectivity index (χ2v) is 8.42. The highest BCUT2D eigenvalue weighted by Crippen LogP contribution is 2.15. The van der Waals surface area contributed by atoms with Crippen molar-refractivity contribution in [3.63, 3.8) is 0 Å². The van der Waals surface area contributed by atoms with Crippen molar-refractivity contribution >= 4 is 28.0 Å². The lowest BCUT2D eigenvalue weighted by molar-refractivity contribution is -0.143. The molecule has 0 radical (unpaired) electrons. The Labute approximate surface area is 165 Å². The second-order valence-electron chi connectivity index (χ2n) is 6.71. The van der Waals surface area contributed by atoms with E-state index < -0.39 is 22.0 Å². The van der Waals surface area contributed by atoms with Gasteiger partial charge in [-0.05, 0) is 29.7 Å². The van der Waals surface area contributed by atoms with Gasteiger partial charge in [-0.3, -0.25) is 9.59 Å². The summed E-state index contributed by atoms with van der Waals surface area (Å²) in [6.45, 7) is 5.63. The Kier molecular flexibility index (Phi) is 7.73. The molecule has 2 rings (SSSR count). The molecule has 0 aromatic heterocycles. The summed E-state index contributed by atoms with van der Waals surface area (Å²) in [6.07, 6.45) is 3.09. The summed E-state index contributed by atoms with van der Waals surface area (Å²) >= 11 is 0. The highest BCUT2D eigenvalue weighted by molar-refractivity contribution is 7.89. The quantitative estimate of drug-likeness (QED) is 0.532. The fraction of sp³-hybridized carbons (Fsp3) is 0.474. The molecule has 1 aliphatic heterocycles. The molecule has 1 fully saturated rings. The molecule has 8 nitrogen and oxygen atoms in total. The normalized spacial score (nSPS) is 16.4. The molecule has 0 spiro atoms. The van der Waals surface area contributed by atoms with Crippen LogP contribution in [0.5, 0.6) is 0 Å². The SMILES string of the molecule is COC(=O)[C@@H](NS(=O)(=O)c1ccc(/C=C/C(=O)N2CCOCC2)cc1)C(C)C. The smallest absolute Gasteiger partial charge is 0.324 e. The number of carbonyl (C=O) groups excluding carboxylic acids is 2. The Bertz CT molecular complexity index is 811. The molecule has 1 atom stereocenters. The van der Waals surface area contributed by atoms with Crippen LogP contribution in [0.15, 0.2) is 35.2 Å². The number of nitrogens with zero attached hydrogens (tertiary/aromatic N) is 1. The monoisotopic (exact) mass is 410 g/mol. The number of rotatable bonds is 7. The number of methoxy groups -OCH3 is 1. The van der Waals surface area contributed by atoms with Crippen LogP contribution in [0.25, 0.3) is 6.08 Å². The summed E-state index contributed by atoms with van der Waals surface area (Å²) in [4.78, 5) is 25.6. The molecule has 0 aliphatic carbocycles. The van der Waals surface area contributed by atoms with E-state index >= 15 is 0 Å². The van der Waals surface area contributed by atoms with Gasteiger partial charge in [0.25, 0.3) is 0 Å². The zero-order chi connectivity index (χ0) is 20.7. The lowest BCUT2D eigenvalue weighted by Crippen LogP contribution is -2.44. The van der Waals surface area contributed by atoms with Crippen molar-refractivity contribution < 1.29 is 27.5 Å². The van der Waals surface area contributed by atoms with Gasteiger partial charge in [0.2, 0.25) is 15.9 Å². The summed E-state index contributed by atoms with van der Waals surface area (Å²) in [5.41, 5.74) is 0.689. The fourth-order valence-corrected chi connectivity index (χ4v) is 3.97. The molecule has 0 bridgehead atoms. The van der Waals surface area contributed by atoms with Gasteiger partial charge in [-0.2, -0.15) is 4.72 Å². The maximum Gasteiger partial charge on any atom is 0.324 e. The number of nitrogens with one attached hydrogen (secondary N) is 1. The maximum atomic E-state index is 12.5. The molecular weight excluding hydrogens is 384 g/mol. The molecule has 28 heavy (non-hydrogen) atoms. The Hall–Kier alpha value is -2.23. The molecule has 1 aromatic carbocycles. The number of morpholine rings is 1. The standard InChI is InChI=1S/C19H26N2O6S/c1-14(2)18(19(23)26-3)20-28(24,25)16-7-4-15(5-8-16)6-9-17(22)21-10-12-27-13-11-21/h4-9,14,18,20H,10-13H2,1-3H3/b9-6+/t18-/m0/s1. The second kappa shape index (κ2) is 9.81. The van der Waals surface area contributed by atoms with Gasteiger partial charge in [-0.1, -0.05) is 26.0 Å². The van der Waals surface area contributed by atoms with Gasteiger partial charge in [-0.25, -0.2) is 8.42 Å². The summed E-state index contributed by atoms with van der Waals surface area (Å²) in [7, 11) is -2.68. The van der Waals surface area contributed by atoms with Crippen LogP contribution in [0.4, 0.5) is 0 Å². The Morgan fingerprint density at radius 2 is 1.79 bits per heavy atom. The van der Waals surface area contributed by atoms with E-state index in [0.717, 1.165) is 0 Å². The van der Waals surface area contributed by atoms with Gasteiger partial charge in [0, 0.05) is 19.2 Å². The molecule has 0 unspecified atom stereocenters. The van der Waals surface area contributed by atoms with Crippen molar-refractivity contribution in [2.75, 3.05) is 33.4 Å². The topological polar surface area (TPSA) is 102 Å². The van der Waals surface area contributed by atoms with Crippen LogP contribution in [0.3, 0.4) is 0 Å². The molecule has 1 heterocycles. The minimum absolute atomic E-state index is 0.0266. The Balaban J connectivity index is 2.06. The predicted octanol–water partition coefficient (Wildman–Crippen LogP) is 1.03. The molecule has 1 saturated heterocycles. The van der Waals surface area contributed by atoms with Crippen molar-refractivity contribution in [2.45, 2.75) is 24.8 Å². The molecular formula is C19H26N2O6S. The van der Waals surface area contributed by atoms with Crippen LogP contribution in [-0.4, -0.2) is 64.6 Å². The number of hydrogen-bond acceptors (Lipinski definition) is 6. The lowest BCUT2D eigenvalue weighted by atomic mass is 10.1. The van der Waals surface area contributed by atoms with E-state index in [2.05, 4.69) is 9.46 Å². The first-order valence-corrected chi connectivity index (χ1v) is 10.5. The summed E-state index contributed by atoms with van der Waals surface area (Å²) in [5, 5.41) is 0. The molecule has 1 aromatic rings. The summed E-state index contributed by atoms with van der Waals surface area (Å²) in [5.74, 6) is -1.02. The number of carbonyl (C=O) groups is 2. The predicted molar refractivity (Wildman–Crippen MR) is 104 cm³/mol. The minimum Gasteiger partial charge on any atom is -0.468 e. The van der Waals surface area contributed by atoms with Crippen molar-refractivity contribution in [1.82, 2.24) is 9.62 Å². The third kappa shape index (κ3) is 5.88. The van der Waals surface area contributed by atoms with E-state index in [1.165, 1.54) is 25.3 Å². The number of amides is 1. The van der Waals surface area contributed by atoms with Gasteiger partial charge in [0.05, 0.1) is 25.2 Å². The van der Waals surface area contributed by atoms with Crippen molar-refractivity contribution in [3.05, 3.63) is 35.9 Å². The van der Waals surface area contributed by atoms with Crippen LogP contribution < -0.4 is 4.72 Å². The maximum absolute atomic E-state index is 12.5. The number of hydrogen-bond donors (Lipinski definition) is 1. The van der Waals surface area contributed by atoms with Crippen LogP contribution in [0.1, 0.15) is 19.4 Å². The van der Waals surface area contributed by atoms with Gasteiger partial charge < -0.3 is 14.4 Å². The highest BCUT2D eigenvalue weighted by atomic mass is 32.2. The van der Waals surface area contributed by atoms with Gasteiger partial charge in [0.1, 0.15) is 6.04 Å². The number of sulfonamides is 1. The first-order chi connectivity index (χ1) is 13.2. The Morgan fingerprint density at radius 1 is 1.18 bits per heavy atom. The summed E-state index contributed by atoms with van der Waals surface area (Å²) < 4.78 is 37.3. The van der Waals surface area contributed by atoms with E-state index in [4.69, 9.17) is 4.74 Å². The van der Waals surface area contributed by atoms with Crippen molar-refractivity contribution in [3.8, 4) is 0 Å². The molecule has 154 valence electrons. The van der Waals surface area contributed by atoms with Gasteiger partial charge in [0.15, 0.2) is 0 Å². The average Bonchev–Trinajstić information content (AvgIpc) is 2.70. The summed E-state index contributed by atoms with van der Waals surface area (Å²) in [6, 6.07) is 5.08. The third-order valence-corrected chi connectivity index (χ3v) is 5.79. The van der Waals surface area contributed by atoms with Crippen LogP contribution in [0.2, 0.25) is 0 Å². The van der Waals surface area contributed by atoms with Crippen LogP contribution in [-0.2, 0) is 29.1 Å². The number of ether oxygens (including phenoxy) is 2. The third-order valence-electron chi connectivity index (χ3n) is 4.34. The molecule has 1 N–H and O–H groups in total. The van der Waals surface area contributed by atoms with Crippen LogP contribution in [0, 0.1) is 5.92 Å². The van der Waals surface area contributed by atoms with Gasteiger partial charge in [-0.15, -0.1) is 0 Å². The van der Waals surface area contributed by atoms with E-state index in [9.17, 15) is 18.0 Å². The van der Waals surface area contributed by atoms with E-state index in [1.54, 1.807) is 37.0 Å². The van der Waals surface area contributed by atoms with E-state index in [0.29, 0.717) is 31.9 Å². The van der Waals surface area contributed by atoms with Crippen molar-refractivity contribution in [1.29, 1.82) is 0 Å². The molecule has 1 amide bonds. The van der Waals surface area contributed by atoms with Crippen molar-refractivity contribution in [2.24, 2.45) is 5.92 Å². The average molecular weight is 410 g/mol. The fourth-order valence-electron chi connectivity index (χ4n) is 2.63. The zero-order valence-electron chi connectivity index (χ0n) is 16.3. The van der Waals surface area contributed by atoms with E-state index in [1.807, 2.05) is 0 Å². The number of esters is 1. The molecule has 9 heteroatoms. The largest absolute Gasteiger partial charge is 0.468 e. The molecule has 0 saturated carbocycles. The number of benzene rings is 1. The van der Waals surface area contributed by atoms with Crippen LogP contribution >= 0.6 is 0 Å². The Morgan fingerprint density at radius 3 is 2.32 bits per heavy atom. The lowest BCUT2D eigenvalue weighted by Gasteiger charge is -2.25. The van der Waals surface area contributed by atoms with Gasteiger partial charge >= 0.3 is 5.97 Å². The first-order valence-electron chi connectivity index (χ1n) is 8.99. The first kappa shape index (κ1) is 22.1. The zero-order valence-corrected chi connectivity index (χ0v) is 17.1. The highest BCUT2D eigenvalue weighted by Gasteiger charge is 2.29. The molecule has 1 aliphatic rings.